The molecule has 29 heavy (non-hydrogen) atoms. The quantitative estimate of drug-likeness (QED) is 0.381. The van der Waals surface area contributed by atoms with Gasteiger partial charge in [0.25, 0.3) is 11.7 Å². The van der Waals surface area contributed by atoms with Crippen molar-refractivity contribution in [2.24, 2.45) is 0 Å². The maximum atomic E-state index is 13.5. The zero-order chi connectivity index (χ0) is 20.5. The van der Waals surface area contributed by atoms with Gasteiger partial charge >= 0.3 is 0 Å². The van der Waals surface area contributed by atoms with Gasteiger partial charge in [0, 0.05) is 29.2 Å². The van der Waals surface area contributed by atoms with E-state index in [1.54, 1.807) is 18.3 Å². The van der Waals surface area contributed by atoms with Crippen molar-refractivity contribution in [2.45, 2.75) is 25.8 Å². The number of aromatic nitrogens is 1. The summed E-state index contributed by atoms with van der Waals surface area (Å²) < 4.78 is 13.5. The molecule has 1 atom stereocenters. The summed E-state index contributed by atoms with van der Waals surface area (Å²) in [5.74, 6) is -2.00. The van der Waals surface area contributed by atoms with E-state index in [2.05, 4.69) is 4.98 Å². The molecule has 1 aromatic heterocycles. The van der Waals surface area contributed by atoms with Crippen LogP contribution in [0.1, 0.15) is 36.9 Å². The first kappa shape index (κ1) is 18.9. The lowest BCUT2D eigenvalue weighted by atomic mass is 9.95. The maximum Gasteiger partial charge on any atom is 0.295 e. The number of halogens is 1. The van der Waals surface area contributed by atoms with Crippen molar-refractivity contribution < 1.29 is 19.1 Å². The van der Waals surface area contributed by atoms with E-state index in [4.69, 9.17) is 0 Å². The fourth-order valence-electron chi connectivity index (χ4n) is 3.84. The van der Waals surface area contributed by atoms with Gasteiger partial charge in [0.15, 0.2) is 0 Å². The number of Topliss-reactive ketones (excluding diaryl/α,β-unsaturated/α-hetero) is 1. The molecule has 6 heteroatoms. The second-order valence-corrected chi connectivity index (χ2v) is 7.15. The predicted octanol–water partition coefficient (Wildman–Crippen LogP) is 4.53. The SMILES string of the molecule is CCCCN1C(=O)C(=O)/C(=C(\O)c2c[nH]c3ccccc23)C1c1ccc(F)cc1. The van der Waals surface area contributed by atoms with Gasteiger partial charge in [-0.3, -0.25) is 9.59 Å². The van der Waals surface area contributed by atoms with Crippen LogP contribution in [0.2, 0.25) is 0 Å². The first-order chi connectivity index (χ1) is 14.0. The highest BCUT2D eigenvalue weighted by atomic mass is 19.1. The Bertz CT molecular complexity index is 1110. The minimum atomic E-state index is -0.754. The number of carbonyl (C=O) groups is 2. The number of nitrogens with zero attached hydrogens (tertiary/aromatic N) is 1. The summed E-state index contributed by atoms with van der Waals surface area (Å²) in [5, 5.41) is 11.9. The molecule has 0 bridgehead atoms. The number of unbranched alkanes of at least 4 members (excludes halogenated alkanes) is 1. The van der Waals surface area contributed by atoms with E-state index in [0.29, 0.717) is 17.7 Å². The zero-order valence-corrected chi connectivity index (χ0v) is 16.0. The van der Waals surface area contributed by atoms with Gasteiger partial charge < -0.3 is 15.0 Å². The van der Waals surface area contributed by atoms with Crippen LogP contribution in [0.3, 0.4) is 0 Å². The van der Waals surface area contributed by atoms with Gasteiger partial charge in [0.05, 0.1) is 11.6 Å². The molecule has 0 radical (unpaired) electrons. The highest BCUT2D eigenvalue weighted by Gasteiger charge is 2.45. The minimum absolute atomic E-state index is 0.0301. The lowest BCUT2D eigenvalue weighted by molar-refractivity contribution is -0.139. The fraction of sp³-hybridized carbons (Fsp3) is 0.217. The summed E-state index contributed by atoms with van der Waals surface area (Å²) in [6.45, 7) is 2.38. The number of likely N-dealkylation sites (tertiary alicyclic amines) is 1. The van der Waals surface area contributed by atoms with E-state index in [-0.39, 0.29) is 11.3 Å². The Kier molecular flexibility index (Phi) is 4.92. The number of benzene rings is 2. The average molecular weight is 392 g/mol. The van der Waals surface area contributed by atoms with Gasteiger partial charge in [0.1, 0.15) is 11.6 Å². The summed E-state index contributed by atoms with van der Waals surface area (Å²) in [5.41, 5.74) is 1.89. The Balaban J connectivity index is 1.90. The molecule has 1 unspecified atom stereocenters. The van der Waals surface area contributed by atoms with Crippen LogP contribution in [-0.2, 0) is 9.59 Å². The highest BCUT2D eigenvalue weighted by molar-refractivity contribution is 6.46. The van der Waals surface area contributed by atoms with Gasteiger partial charge in [-0.1, -0.05) is 43.7 Å². The Labute approximate surface area is 167 Å². The first-order valence-corrected chi connectivity index (χ1v) is 9.63. The molecule has 2 N–H and O–H groups in total. The van der Waals surface area contributed by atoms with E-state index in [1.165, 1.54) is 17.0 Å². The van der Waals surface area contributed by atoms with E-state index in [1.807, 2.05) is 31.2 Å². The summed E-state index contributed by atoms with van der Waals surface area (Å²) in [6.07, 6.45) is 3.20. The molecule has 5 nitrogen and oxygen atoms in total. The minimum Gasteiger partial charge on any atom is -0.507 e. The van der Waals surface area contributed by atoms with Crippen LogP contribution in [0.25, 0.3) is 16.7 Å². The van der Waals surface area contributed by atoms with Crippen molar-refractivity contribution in [1.82, 2.24) is 9.88 Å². The summed E-state index contributed by atoms with van der Waals surface area (Å²) in [6, 6.07) is 12.3. The van der Waals surface area contributed by atoms with Crippen molar-refractivity contribution >= 4 is 28.4 Å². The molecule has 0 spiro atoms. The van der Waals surface area contributed by atoms with Gasteiger partial charge in [-0.2, -0.15) is 0 Å². The van der Waals surface area contributed by atoms with E-state index < -0.39 is 23.5 Å². The van der Waals surface area contributed by atoms with E-state index >= 15 is 0 Å². The van der Waals surface area contributed by atoms with Crippen LogP contribution >= 0.6 is 0 Å². The Morgan fingerprint density at radius 1 is 1.14 bits per heavy atom. The molecular formula is C23H21FN2O3. The van der Waals surface area contributed by atoms with Gasteiger partial charge in [-0.25, -0.2) is 4.39 Å². The Hall–Kier alpha value is -3.41. The van der Waals surface area contributed by atoms with Crippen molar-refractivity contribution in [1.29, 1.82) is 0 Å². The molecule has 1 saturated heterocycles. The third-order valence-corrected chi connectivity index (χ3v) is 5.32. The summed E-state index contributed by atoms with van der Waals surface area (Å²) in [4.78, 5) is 30.2. The maximum absolute atomic E-state index is 13.5. The Morgan fingerprint density at radius 3 is 2.59 bits per heavy atom. The second-order valence-electron chi connectivity index (χ2n) is 7.15. The van der Waals surface area contributed by atoms with Crippen molar-refractivity contribution in [2.75, 3.05) is 6.54 Å². The van der Waals surface area contributed by atoms with Crippen LogP contribution in [0.5, 0.6) is 0 Å². The monoisotopic (exact) mass is 392 g/mol. The van der Waals surface area contributed by atoms with Gasteiger partial charge in [0.2, 0.25) is 0 Å². The van der Waals surface area contributed by atoms with Gasteiger partial charge in [-0.05, 0) is 30.2 Å². The number of aliphatic hydroxyl groups excluding tert-OH is 1. The number of hydrogen-bond donors (Lipinski definition) is 2. The topological polar surface area (TPSA) is 73.4 Å². The number of amides is 1. The molecule has 2 aromatic carbocycles. The van der Waals surface area contributed by atoms with Gasteiger partial charge in [-0.15, -0.1) is 0 Å². The first-order valence-electron chi connectivity index (χ1n) is 9.63. The third-order valence-electron chi connectivity index (χ3n) is 5.32. The number of aromatic amines is 1. The molecule has 1 aliphatic heterocycles. The lowest BCUT2D eigenvalue weighted by Gasteiger charge is -2.25. The number of H-pyrrole nitrogens is 1. The van der Waals surface area contributed by atoms with E-state index in [9.17, 15) is 19.1 Å². The smallest absolute Gasteiger partial charge is 0.295 e. The second kappa shape index (κ2) is 7.54. The van der Waals surface area contributed by atoms with Crippen molar-refractivity contribution in [3.8, 4) is 0 Å². The van der Waals surface area contributed by atoms with Crippen molar-refractivity contribution in [3.05, 3.63) is 77.2 Å². The van der Waals surface area contributed by atoms with Crippen LogP contribution < -0.4 is 0 Å². The molecule has 148 valence electrons. The highest BCUT2D eigenvalue weighted by Crippen LogP contribution is 2.40. The number of rotatable bonds is 5. The fourth-order valence-corrected chi connectivity index (χ4v) is 3.84. The number of carbonyl (C=O) groups excluding carboxylic acids is 2. The molecule has 2 heterocycles. The lowest BCUT2D eigenvalue weighted by Crippen LogP contribution is -2.30. The summed E-state index contributed by atoms with van der Waals surface area (Å²) >= 11 is 0. The van der Waals surface area contributed by atoms with E-state index in [0.717, 1.165) is 23.7 Å². The van der Waals surface area contributed by atoms with Crippen LogP contribution in [-0.4, -0.2) is 33.2 Å². The normalized spacial score (nSPS) is 18.7. The molecule has 0 saturated carbocycles. The molecule has 1 fully saturated rings. The summed E-state index contributed by atoms with van der Waals surface area (Å²) in [7, 11) is 0. The number of fused-ring (bicyclic) bond motifs is 1. The molecule has 1 amide bonds. The van der Waals surface area contributed by atoms with Crippen molar-refractivity contribution in [3.63, 3.8) is 0 Å². The molecular weight excluding hydrogens is 371 g/mol. The molecule has 1 aliphatic rings. The molecule has 0 aliphatic carbocycles. The number of nitrogens with one attached hydrogen (secondary N) is 1. The Morgan fingerprint density at radius 2 is 1.86 bits per heavy atom. The number of ketones is 1. The number of para-hydroxylation sites is 1. The third kappa shape index (κ3) is 3.20. The molecule has 4 rings (SSSR count). The standard InChI is InChI=1S/C23H21FN2O3/c1-2-3-12-26-20(14-8-10-15(24)11-9-14)19(22(28)23(26)29)21(27)17-13-25-18-7-5-4-6-16(17)18/h4-11,13,20,25,27H,2-3,12H2,1H3/b21-19-. The average Bonchev–Trinajstić information content (AvgIpc) is 3.26. The number of aliphatic hydroxyl groups is 1. The zero-order valence-electron chi connectivity index (χ0n) is 16.0. The molecule has 3 aromatic rings. The number of hydrogen-bond acceptors (Lipinski definition) is 3. The predicted molar refractivity (Wildman–Crippen MR) is 109 cm³/mol. The van der Waals surface area contributed by atoms with Crippen LogP contribution in [0.15, 0.2) is 60.3 Å². The van der Waals surface area contributed by atoms with Crippen LogP contribution in [0, 0.1) is 5.82 Å². The van der Waals surface area contributed by atoms with Crippen LogP contribution in [0.4, 0.5) is 4.39 Å². The largest absolute Gasteiger partial charge is 0.507 e.